The van der Waals surface area contributed by atoms with E-state index in [0.29, 0.717) is 26.1 Å². The van der Waals surface area contributed by atoms with Gasteiger partial charge in [-0.3, -0.25) is 9.69 Å². The lowest BCUT2D eigenvalue weighted by atomic mass is 10.0. The molecule has 0 spiro atoms. The van der Waals surface area contributed by atoms with Gasteiger partial charge in [-0.25, -0.2) is 4.79 Å². The number of carboxylic acid groups (broad SMARTS) is 1. The fraction of sp³-hybridized carbons (Fsp3) is 0.448. The number of allylic oxidation sites excluding steroid dienone is 1. The minimum Gasteiger partial charge on any atom is -0.507 e. The number of carbonyl (C=O) groups excluding carboxylic acids is 1. The third-order valence-corrected chi connectivity index (χ3v) is 6.59. The van der Waals surface area contributed by atoms with E-state index >= 15 is 0 Å². The topological polar surface area (TPSA) is 81.1 Å². The third kappa shape index (κ3) is 6.95. The molecule has 0 aromatic heterocycles. The minimum atomic E-state index is -0.984. The average Bonchev–Trinajstić information content (AvgIpc) is 2.82. The molecule has 2 aromatic rings. The SMILES string of the molecule is C=CCc1cccc(CN2CCCCCCCN(C(=O)C(C)C)c3ccc(C(=O)O)cc3C2)c1O. The lowest BCUT2D eigenvalue weighted by Crippen LogP contribution is -2.37. The normalized spacial score (nSPS) is 15.7. The summed E-state index contributed by atoms with van der Waals surface area (Å²) in [6.45, 7) is 10.0. The Kier molecular flexibility index (Phi) is 9.49. The molecule has 0 saturated carbocycles. The first kappa shape index (κ1) is 26.5. The van der Waals surface area contributed by atoms with Crippen LogP contribution in [-0.4, -0.2) is 40.1 Å². The summed E-state index contributed by atoms with van der Waals surface area (Å²) in [6.07, 6.45) is 7.58. The highest BCUT2D eigenvalue weighted by atomic mass is 16.4. The summed E-state index contributed by atoms with van der Waals surface area (Å²) < 4.78 is 0. The van der Waals surface area contributed by atoms with Crippen molar-refractivity contribution < 1.29 is 19.8 Å². The molecule has 35 heavy (non-hydrogen) atoms. The number of benzene rings is 2. The Morgan fingerprint density at radius 3 is 2.40 bits per heavy atom. The molecule has 0 aliphatic carbocycles. The smallest absolute Gasteiger partial charge is 0.335 e. The van der Waals surface area contributed by atoms with Gasteiger partial charge in [-0.05, 0) is 55.1 Å². The molecule has 2 N–H and O–H groups in total. The van der Waals surface area contributed by atoms with Crippen LogP contribution in [0, 0.1) is 5.92 Å². The fourth-order valence-electron chi connectivity index (χ4n) is 4.69. The second-order valence-corrected chi connectivity index (χ2v) is 9.69. The van der Waals surface area contributed by atoms with E-state index in [1.807, 2.05) is 36.9 Å². The highest BCUT2D eigenvalue weighted by Gasteiger charge is 2.24. The Labute approximate surface area is 208 Å². The van der Waals surface area contributed by atoms with Gasteiger partial charge in [0.25, 0.3) is 0 Å². The van der Waals surface area contributed by atoms with Crippen LogP contribution in [0.3, 0.4) is 0 Å². The van der Waals surface area contributed by atoms with Crippen LogP contribution in [0.4, 0.5) is 5.69 Å². The molecule has 6 nitrogen and oxygen atoms in total. The van der Waals surface area contributed by atoms with Crippen molar-refractivity contribution in [3.8, 4) is 5.75 Å². The van der Waals surface area contributed by atoms with Crippen molar-refractivity contribution in [1.82, 2.24) is 4.90 Å². The van der Waals surface area contributed by atoms with Crippen molar-refractivity contribution in [2.75, 3.05) is 18.0 Å². The number of phenolic OH excluding ortho intramolecular Hbond substituents is 1. The van der Waals surface area contributed by atoms with Crippen LogP contribution in [0.5, 0.6) is 5.75 Å². The molecule has 3 rings (SSSR count). The highest BCUT2D eigenvalue weighted by Crippen LogP contribution is 2.30. The Morgan fingerprint density at radius 1 is 1.03 bits per heavy atom. The summed E-state index contributed by atoms with van der Waals surface area (Å²) in [4.78, 5) is 29.0. The number of hydrogen-bond acceptors (Lipinski definition) is 4. The number of carbonyl (C=O) groups is 2. The second-order valence-electron chi connectivity index (χ2n) is 9.69. The van der Waals surface area contributed by atoms with Gasteiger partial charge in [0.2, 0.25) is 5.91 Å². The van der Waals surface area contributed by atoms with E-state index < -0.39 is 5.97 Å². The molecule has 1 aliphatic heterocycles. The number of anilines is 1. The predicted molar refractivity (Wildman–Crippen MR) is 140 cm³/mol. The maximum absolute atomic E-state index is 13.2. The molecule has 0 radical (unpaired) electrons. The molecule has 6 heteroatoms. The molecule has 0 atom stereocenters. The number of carboxylic acids is 1. The number of amides is 1. The van der Waals surface area contributed by atoms with Crippen LogP contribution >= 0.6 is 0 Å². The van der Waals surface area contributed by atoms with Crippen LogP contribution in [0.15, 0.2) is 49.1 Å². The maximum atomic E-state index is 13.2. The monoisotopic (exact) mass is 478 g/mol. The van der Waals surface area contributed by atoms with Crippen LogP contribution in [0.2, 0.25) is 0 Å². The van der Waals surface area contributed by atoms with Crippen LogP contribution < -0.4 is 4.90 Å². The molecule has 1 amide bonds. The molecular formula is C29H38N2O4. The van der Waals surface area contributed by atoms with Gasteiger partial charge in [0.15, 0.2) is 0 Å². The van der Waals surface area contributed by atoms with Crippen LogP contribution in [-0.2, 0) is 24.3 Å². The second kappa shape index (κ2) is 12.5. The molecule has 0 unspecified atom stereocenters. The van der Waals surface area contributed by atoms with Gasteiger partial charge in [-0.1, -0.05) is 57.4 Å². The van der Waals surface area contributed by atoms with E-state index in [-0.39, 0.29) is 23.1 Å². The van der Waals surface area contributed by atoms with Crippen molar-refractivity contribution in [2.45, 2.75) is 65.5 Å². The molecule has 1 aliphatic rings. The molecule has 1 heterocycles. The molecule has 188 valence electrons. The van der Waals surface area contributed by atoms with Crippen molar-refractivity contribution in [3.05, 3.63) is 71.3 Å². The summed E-state index contributed by atoms with van der Waals surface area (Å²) in [6, 6.07) is 10.9. The van der Waals surface area contributed by atoms with E-state index in [2.05, 4.69) is 11.5 Å². The summed E-state index contributed by atoms with van der Waals surface area (Å²) in [7, 11) is 0. The zero-order valence-corrected chi connectivity index (χ0v) is 21.0. The average molecular weight is 479 g/mol. The lowest BCUT2D eigenvalue weighted by Gasteiger charge is -2.30. The van der Waals surface area contributed by atoms with Gasteiger partial charge < -0.3 is 15.1 Å². The predicted octanol–water partition coefficient (Wildman–Crippen LogP) is 5.77. The van der Waals surface area contributed by atoms with Crippen molar-refractivity contribution in [3.63, 3.8) is 0 Å². The Morgan fingerprint density at radius 2 is 1.71 bits per heavy atom. The Hall–Kier alpha value is -3.12. The lowest BCUT2D eigenvalue weighted by molar-refractivity contribution is -0.121. The summed E-state index contributed by atoms with van der Waals surface area (Å²) in [5.41, 5.74) is 3.49. The first-order chi connectivity index (χ1) is 16.8. The summed E-state index contributed by atoms with van der Waals surface area (Å²) in [5, 5.41) is 20.5. The van der Waals surface area contributed by atoms with Crippen molar-refractivity contribution >= 4 is 17.6 Å². The molecule has 2 aromatic carbocycles. The zero-order valence-electron chi connectivity index (χ0n) is 21.0. The number of para-hydroxylation sites is 1. The number of phenols is 1. The van der Waals surface area contributed by atoms with Gasteiger partial charge in [0, 0.05) is 36.8 Å². The van der Waals surface area contributed by atoms with Gasteiger partial charge >= 0.3 is 5.97 Å². The molecule has 0 bridgehead atoms. The summed E-state index contributed by atoms with van der Waals surface area (Å²) >= 11 is 0. The maximum Gasteiger partial charge on any atom is 0.335 e. The van der Waals surface area contributed by atoms with E-state index in [4.69, 9.17) is 0 Å². The summed E-state index contributed by atoms with van der Waals surface area (Å²) in [5.74, 6) is -0.806. The number of nitrogens with zero attached hydrogens (tertiary/aromatic N) is 2. The van der Waals surface area contributed by atoms with Gasteiger partial charge in [-0.15, -0.1) is 6.58 Å². The van der Waals surface area contributed by atoms with Crippen molar-refractivity contribution in [2.24, 2.45) is 5.92 Å². The quantitative estimate of drug-likeness (QED) is 0.515. The van der Waals surface area contributed by atoms with Gasteiger partial charge in [0.1, 0.15) is 5.75 Å². The number of rotatable bonds is 6. The fourth-order valence-corrected chi connectivity index (χ4v) is 4.69. The molecule has 0 saturated heterocycles. The van der Waals surface area contributed by atoms with E-state index in [0.717, 1.165) is 61.0 Å². The molecular weight excluding hydrogens is 440 g/mol. The Balaban J connectivity index is 2.02. The first-order valence-electron chi connectivity index (χ1n) is 12.6. The van der Waals surface area contributed by atoms with E-state index in [9.17, 15) is 19.8 Å². The zero-order chi connectivity index (χ0) is 25.4. The minimum absolute atomic E-state index is 0.0488. The third-order valence-electron chi connectivity index (χ3n) is 6.59. The number of fused-ring (bicyclic) bond motifs is 1. The van der Waals surface area contributed by atoms with E-state index in [1.54, 1.807) is 24.3 Å². The largest absolute Gasteiger partial charge is 0.507 e. The number of aromatic carboxylic acids is 1. The van der Waals surface area contributed by atoms with Crippen molar-refractivity contribution in [1.29, 1.82) is 0 Å². The van der Waals surface area contributed by atoms with Gasteiger partial charge in [-0.2, -0.15) is 0 Å². The molecule has 0 fully saturated rings. The number of hydrogen-bond donors (Lipinski definition) is 2. The van der Waals surface area contributed by atoms with Crippen LogP contribution in [0.25, 0.3) is 0 Å². The standard InChI is InChI=1S/C29H38N2O4/c1-4-11-22-12-10-13-24(27(22)32)19-30-16-8-6-5-7-9-17-31(28(33)21(2)3)26-15-14-23(29(34)35)18-25(26)20-30/h4,10,12-15,18,21,32H,1,5-9,11,16-17,19-20H2,2-3H3,(H,34,35). The Bertz CT molecular complexity index is 1050. The highest BCUT2D eigenvalue weighted by molar-refractivity contribution is 5.96. The number of aromatic hydroxyl groups is 1. The van der Waals surface area contributed by atoms with E-state index in [1.165, 1.54) is 0 Å². The first-order valence-corrected chi connectivity index (χ1v) is 12.6. The van der Waals surface area contributed by atoms with Gasteiger partial charge in [0.05, 0.1) is 5.56 Å². The van der Waals surface area contributed by atoms with Crippen LogP contribution in [0.1, 0.15) is 73.0 Å².